The Labute approximate surface area is 132 Å². The molecule has 0 bridgehead atoms. The third-order valence-corrected chi connectivity index (χ3v) is 7.56. The fourth-order valence-electron chi connectivity index (χ4n) is 2.76. The second-order valence-corrected chi connectivity index (χ2v) is 8.62. The molecule has 1 N–H and O–H groups in total. The zero-order chi connectivity index (χ0) is 16.0. The van der Waals surface area contributed by atoms with Gasteiger partial charge in [-0.1, -0.05) is 86.7 Å². The van der Waals surface area contributed by atoms with Crippen LogP contribution in [0.1, 0.15) is 13.8 Å². The largest absolute Gasteiger partial charge is 0.392 e. The van der Waals surface area contributed by atoms with Crippen LogP contribution in [0.5, 0.6) is 0 Å². The molecule has 1 unspecified atom stereocenters. The molecule has 0 saturated carbocycles. The zero-order valence-corrected chi connectivity index (χ0v) is 14.0. The molecule has 3 heteroatoms. The third kappa shape index (κ3) is 3.40. The van der Waals surface area contributed by atoms with Crippen molar-refractivity contribution >= 4 is 17.8 Å². The first-order chi connectivity index (χ1) is 10.6. The van der Waals surface area contributed by atoms with Crippen LogP contribution in [-0.4, -0.2) is 17.4 Å². The summed E-state index contributed by atoms with van der Waals surface area (Å²) in [6.45, 7) is 4.11. The normalized spacial score (nSPS) is 13.6. The molecule has 0 heterocycles. The lowest BCUT2D eigenvalue weighted by molar-refractivity contribution is 0.342. The lowest BCUT2D eigenvalue weighted by Crippen LogP contribution is -2.28. The summed E-state index contributed by atoms with van der Waals surface area (Å²) >= 11 is 0. The van der Waals surface area contributed by atoms with Crippen LogP contribution in [0.25, 0.3) is 0 Å². The van der Waals surface area contributed by atoms with E-state index in [0.29, 0.717) is 0 Å². The fraction of sp³-hybridized carbons (Fsp3) is 0.263. The van der Waals surface area contributed by atoms with E-state index in [4.69, 9.17) is 5.11 Å². The van der Waals surface area contributed by atoms with E-state index in [1.807, 2.05) is 66.7 Å². The summed E-state index contributed by atoms with van der Waals surface area (Å²) in [5, 5.41) is 10.9. The van der Waals surface area contributed by atoms with E-state index < -0.39 is 7.14 Å². The highest BCUT2D eigenvalue weighted by molar-refractivity contribution is 7.79. The van der Waals surface area contributed by atoms with Gasteiger partial charge in [0.1, 0.15) is 7.14 Å². The minimum absolute atomic E-state index is 0.0349. The molecule has 0 aliphatic rings. The standard InChI is InChI=1S/C19H23O2P/c1-16(2)19(14-9-15-20)22(21,17-10-5-3-6-11-17)18-12-7-4-8-13-18/h3-14,16,19-20H,15H2,1-2H3/b14-9+. The van der Waals surface area contributed by atoms with Crippen LogP contribution in [0.2, 0.25) is 0 Å². The summed E-state index contributed by atoms with van der Waals surface area (Å²) in [7, 11) is -2.82. The van der Waals surface area contributed by atoms with Gasteiger partial charge in [-0.25, -0.2) is 0 Å². The molecular weight excluding hydrogens is 291 g/mol. The second kappa shape index (κ2) is 7.58. The third-order valence-electron chi connectivity index (χ3n) is 3.82. The molecule has 0 amide bonds. The van der Waals surface area contributed by atoms with Crippen molar-refractivity contribution in [2.75, 3.05) is 6.61 Å². The van der Waals surface area contributed by atoms with Crippen LogP contribution < -0.4 is 10.6 Å². The Kier molecular flexibility index (Phi) is 5.76. The molecule has 0 saturated heterocycles. The Morgan fingerprint density at radius 3 is 1.77 bits per heavy atom. The summed E-state index contributed by atoms with van der Waals surface area (Å²) in [5.74, 6) is 0.203. The van der Waals surface area contributed by atoms with E-state index in [1.165, 1.54) is 0 Å². The fourth-order valence-corrected chi connectivity index (χ4v) is 6.18. The van der Waals surface area contributed by atoms with Crippen LogP contribution in [-0.2, 0) is 4.57 Å². The summed E-state index contributed by atoms with van der Waals surface area (Å²) in [6, 6.07) is 19.4. The van der Waals surface area contributed by atoms with Crippen molar-refractivity contribution in [3.05, 3.63) is 72.8 Å². The Hall–Kier alpha value is -1.63. The van der Waals surface area contributed by atoms with Gasteiger partial charge in [0, 0.05) is 16.3 Å². The van der Waals surface area contributed by atoms with Crippen molar-refractivity contribution in [1.29, 1.82) is 0 Å². The van der Waals surface area contributed by atoms with Crippen molar-refractivity contribution in [1.82, 2.24) is 0 Å². The highest BCUT2D eigenvalue weighted by atomic mass is 31.2. The van der Waals surface area contributed by atoms with E-state index in [2.05, 4.69) is 13.8 Å². The van der Waals surface area contributed by atoms with Gasteiger partial charge in [0.25, 0.3) is 0 Å². The van der Waals surface area contributed by atoms with Gasteiger partial charge in [0.15, 0.2) is 0 Å². The summed E-state index contributed by atoms with van der Waals surface area (Å²) in [6.07, 6.45) is 3.61. The maximum Gasteiger partial charge on any atom is 0.150 e. The quantitative estimate of drug-likeness (QED) is 0.654. The summed E-state index contributed by atoms with van der Waals surface area (Å²) in [5.41, 5.74) is -0.135. The summed E-state index contributed by atoms with van der Waals surface area (Å²) < 4.78 is 14.1. The van der Waals surface area contributed by atoms with E-state index in [1.54, 1.807) is 6.08 Å². The number of aliphatic hydroxyl groups is 1. The topological polar surface area (TPSA) is 37.3 Å². The van der Waals surface area contributed by atoms with Crippen molar-refractivity contribution in [3.63, 3.8) is 0 Å². The minimum Gasteiger partial charge on any atom is -0.392 e. The van der Waals surface area contributed by atoms with E-state index in [9.17, 15) is 4.57 Å². The molecule has 22 heavy (non-hydrogen) atoms. The first-order valence-corrected chi connectivity index (χ1v) is 9.36. The molecule has 0 aliphatic heterocycles. The van der Waals surface area contributed by atoms with Crippen molar-refractivity contribution in [2.45, 2.75) is 19.5 Å². The Morgan fingerprint density at radius 1 is 0.955 bits per heavy atom. The molecule has 2 aromatic carbocycles. The lowest BCUT2D eigenvalue weighted by Gasteiger charge is -2.29. The number of rotatable bonds is 6. The minimum atomic E-state index is -2.82. The number of hydrogen-bond acceptors (Lipinski definition) is 2. The SMILES string of the molecule is CC(C)C(/C=C/CO)P(=O)(c1ccccc1)c1ccccc1. The van der Waals surface area contributed by atoms with Gasteiger partial charge in [-0.15, -0.1) is 0 Å². The van der Waals surface area contributed by atoms with Crippen molar-refractivity contribution in [3.8, 4) is 0 Å². The van der Waals surface area contributed by atoms with Gasteiger partial charge in [0.2, 0.25) is 0 Å². The molecule has 2 aromatic rings. The molecule has 2 rings (SSSR count). The van der Waals surface area contributed by atoms with Gasteiger partial charge < -0.3 is 9.67 Å². The average molecular weight is 314 g/mol. The van der Waals surface area contributed by atoms with Crippen molar-refractivity contribution in [2.24, 2.45) is 5.92 Å². The van der Waals surface area contributed by atoms with E-state index in [0.717, 1.165) is 10.6 Å². The van der Waals surface area contributed by atoms with E-state index >= 15 is 0 Å². The van der Waals surface area contributed by atoms with E-state index in [-0.39, 0.29) is 18.2 Å². The molecule has 0 spiro atoms. The maximum absolute atomic E-state index is 14.1. The Morgan fingerprint density at radius 2 is 1.41 bits per heavy atom. The average Bonchev–Trinajstić information content (AvgIpc) is 2.56. The smallest absolute Gasteiger partial charge is 0.150 e. The zero-order valence-electron chi connectivity index (χ0n) is 13.1. The van der Waals surface area contributed by atoms with Crippen molar-refractivity contribution < 1.29 is 9.67 Å². The first kappa shape index (κ1) is 16.7. The molecule has 2 nitrogen and oxygen atoms in total. The van der Waals surface area contributed by atoms with Gasteiger partial charge in [-0.3, -0.25) is 0 Å². The molecule has 0 aromatic heterocycles. The molecule has 1 atom stereocenters. The number of hydrogen-bond donors (Lipinski definition) is 1. The summed E-state index contributed by atoms with van der Waals surface area (Å²) in [4.78, 5) is 0. The van der Waals surface area contributed by atoms with Gasteiger partial charge in [-0.2, -0.15) is 0 Å². The van der Waals surface area contributed by atoms with Crippen LogP contribution in [0, 0.1) is 5.92 Å². The van der Waals surface area contributed by atoms with Crippen LogP contribution in [0.15, 0.2) is 72.8 Å². The van der Waals surface area contributed by atoms with Crippen LogP contribution >= 0.6 is 7.14 Å². The van der Waals surface area contributed by atoms with Gasteiger partial charge in [-0.05, 0) is 5.92 Å². The molecule has 0 aliphatic carbocycles. The maximum atomic E-state index is 14.1. The van der Waals surface area contributed by atoms with Crippen LogP contribution in [0.4, 0.5) is 0 Å². The highest BCUT2D eigenvalue weighted by Gasteiger charge is 2.36. The second-order valence-electron chi connectivity index (χ2n) is 5.67. The molecule has 0 radical (unpaired) electrons. The molecule has 0 fully saturated rings. The predicted octanol–water partition coefficient (Wildman–Crippen LogP) is 3.57. The first-order valence-electron chi connectivity index (χ1n) is 7.59. The Balaban J connectivity index is 2.65. The monoisotopic (exact) mass is 314 g/mol. The van der Waals surface area contributed by atoms with Crippen LogP contribution in [0.3, 0.4) is 0 Å². The molecule has 116 valence electrons. The lowest BCUT2D eigenvalue weighted by atomic mass is 10.1. The van der Waals surface area contributed by atoms with Gasteiger partial charge >= 0.3 is 0 Å². The number of aliphatic hydroxyl groups excluding tert-OH is 1. The number of benzene rings is 2. The number of allylic oxidation sites excluding steroid dienone is 1. The highest BCUT2D eigenvalue weighted by Crippen LogP contribution is 2.51. The predicted molar refractivity (Wildman–Crippen MR) is 94.6 cm³/mol. The molecular formula is C19H23O2P. The Bertz CT molecular complexity index is 604. The van der Waals surface area contributed by atoms with Gasteiger partial charge in [0.05, 0.1) is 6.61 Å².